The summed E-state index contributed by atoms with van der Waals surface area (Å²) in [6.07, 6.45) is 4.78. The first-order valence-electron chi connectivity index (χ1n) is 9.93. The van der Waals surface area contributed by atoms with Crippen LogP contribution < -0.4 is 10.3 Å². The number of pyridine rings is 1. The van der Waals surface area contributed by atoms with Crippen LogP contribution >= 0.6 is 24.0 Å². The fourth-order valence-corrected chi connectivity index (χ4v) is 4.69. The van der Waals surface area contributed by atoms with Crippen LogP contribution in [0.15, 0.2) is 58.9 Å². The number of aryl methyl sites for hydroxylation is 3. The highest BCUT2D eigenvalue weighted by Crippen LogP contribution is 2.34. The van der Waals surface area contributed by atoms with E-state index in [1.807, 2.05) is 45.0 Å². The molecule has 0 aliphatic carbocycles. The molecule has 32 heavy (non-hydrogen) atoms. The molecule has 3 heterocycles. The zero-order valence-corrected chi connectivity index (χ0v) is 19.5. The van der Waals surface area contributed by atoms with E-state index in [9.17, 15) is 9.59 Å². The molecule has 1 aromatic carbocycles. The highest BCUT2D eigenvalue weighted by atomic mass is 32.2. The smallest absolute Gasteiger partial charge is 0.269 e. The van der Waals surface area contributed by atoms with Gasteiger partial charge >= 0.3 is 0 Å². The fourth-order valence-electron chi connectivity index (χ4n) is 3.43. The maximum atomic E-state index is 13.4. The quantitative estimate of drug-likeness (QED) is 0.308. The third-order valence-corrected chi connectivity index (χ3v) is 6.42. The number of aromatic nitrogens is 2. The van der Waals surface area contributed by atoms with Gasteiger partial charge < -0.3 is 4.74 Å². The predicted molar refractivity (Wildman–Crippen MR) is 132 cm³/mol. The molecule has 0 saturated carbocycles. The molecular weight excluding hydrogens is 442 g/mol. The summed E-state index contributed by atoms with van der Waals surface area (Å²) in [6, 6.07) is 9.43. The lowest BCUT2D eigenvalue weighted by Gasteiger charge is -2.13. The van der Waals surface area contributed by atoms with Gasteiger partial charge in [-0.2, -0.15) is 4.98 Å². The minimum absolute atomic E-state index is 0.144. The number of carbonyl (C=O) groups excluding carboxylic acids is 1. The Balaban J connectivity index is 1.91. The van der Waals surface area contributed by atoms with E-state index >= 15 is 0 Å². The summed E-state index contributed by atoms with van der Waals surface area (Å²) < 4.78 is 8.01. The van der Waals surface area contributed by atoms with E-state index < -0.39 is 0 Å². The van der Waals surface area contributed by atoms with Gasteiger partial charge in [-0.05, 0) is 50.1 Å². The SMILES string of the molecule is C=CCN1C(=O)/C(=C\c2c(Oc3ccc(C)cc3C)nc3c(C)cccn3c2=O)SC1=S. The second-order valence-corrected chi connectivity index (χ2v) is 9.15. The molecule has 8 heteroatoms. The highest BCUT2D eigenvalue weighted by Gasteiger charge is 2.32. The molecule has 1 aliphatic heterocycles. The minimum Gasteiger partial charge on any atom is -0.438 e. The van der Waals surface area contributed by atoms with Gasteiger partial charge in [0.2, 0.25) is 5.88 Å². The Morgan fingerprint density at radius 3 is 2.69 bits per heavy atom. The molecule has 1 aliphatic rings. The van der Waals surface area contributed by atoms with Gasteiger partial charge in [-0.3, -0.25) is 18.9 Å². The van der Waals surface area contributed by atoms with Crippen LogP contribution in [0.5, 0.6) is 11.6 Å². The van der Waals surface area contributed by atoms with E-state index in [0.717, 1.165) is 28.5 Å². The molecule has 4 rings (SSSR count). The number of ether oxygens (including phenoxy) is 1. The van der Waals surface area contributed by atoms with Crippen molar-refractivity contribution in [3.63, 3.8) is 0 Å². The molecule has 1 amide bonds. The number of thioether (sulfide) groups is 1. The summed E-state index contributed by atoms with van der Waals surface area (Å²) in [5.74, 6) is 0.464. The maximum Gasteiger partial charge on any atom is 0.269 e. The number of hydrogen-bond acceptors (Lipinski definition) is 6. The summed E-state index contributed by atoms with van der Waals surface area (Å²) >= 11 is 6.46. The van der Waals surface area contributed by atoms with Gasteiger partial charge in [-0.25, -0.2) is 0 Å². The lowest BCUT2D eigenvalue weighted by atomic mass is 10.1. The van der Waals surface area contributed by atoms with Gasteiger partial charge in [0, 0.05) is 12.7 Å². The lowest BCUT2D eigenvalue weighted by molar-refractivity contribution is -0.121. The van der Waals surface area contributed by atoms with Crippen molar-refractivity contribution in [1.82, 2.24) is 14.3 Å². The van der Waals surface area contributed by atoms with Crippen molar-refractivity contribution < 1.29 is 9.53 Å². The van der Waals surface area contributed by atoms with E-state index in [2.05, 4.69) is 11.6 Å². The van der Waals surface area contributed by atoms with Gasteiger partial charge in [-0.1, -0.05) is 53.8 Å². The second kappa shape index (κ2) is 8.72. The number of benzene rings is 1. The van der Waals surface area contributed by atoms with E-state index in [0.29, 0.717) is 27.2 Å². The average molecular weight is 464 g/mol. The van der Waals surface area contributed by atoms with Crippen molar-refractivity contribution in [1.29, 1.82) is 0 Å². The Labute approximate surface area is 195 Å². The average Bonchev–Trinajstić information content (AvgIpc) is 3.01. The first-order valence-corrected chi connectivity index (χ1v) is 11.2. The molecule has 6 nitrogen and oxygen atoms in total. The van der Waals surface area contributed by atoms with Crippen LogP contribution in [0.25, 0.3) is 11.7 Å². The number of hydrogen-bond donors (Lipinski definition) is 0. The molecule has 0 spiro atoms. The third kappa shape index (κ3) is 3.99. The second-order valence-electron chi connectivity index (χ2n) is 7.47. The fraction of sp³-hybridized carbons (Fsp3) is 0.167. The van der Waals surface area contributed by atoms with Crippen LogP contribution in [0.3, 0.4) is 0 Å². The zero-order valence-electron chi connectivity index (χ0n) is 17.9. The van der Waals surface area contributed by atoms with Crippen LogP contribution in [0.1, 0.15) is 22.3 Å². The normalized spacial score (nSPS) is 15.1. The Hall–Kier alpha value is -3.23. The molecule has 0 atom stereocenters. The molecular formula is C24H21N3O3S2. The number of fused-ring (bicyclic) bond motifs is 1. The summed E-state index contributed by atoms with van der Waals surface area (Å²) in [4.78, 5) is 32.7. The third-order valence-electron chi connectivity index (χ3n) is 5.05. The monoisotopic (exact) mass is 463 g/mol. The maximum absolute atomic E-state index is 13.4. The molecule has 1 saturated heterocycles. The summed E-state index contributed by atoms with van der Waals surface area (Å²) in [6.45, 7) is 9.78. The molecule has 1 fully saturated rings. The summed E-state index contributed by atoms with van der Waals surface area (Å²) in [5.41, 5.74) is 3.20. The first kappa shape index (κ1) is 22.0. The molecule has 0 N–H and O–H groups in total. The van der Waals surface area contributed by atoms with Gasteiger partial charge in [-0.15, -0.1) is 6.58 Å². The topological polar surface area (TPSA) is 63.9 Å². The van der Waals surface area contributed by atoms with Crippen molar-refractivity contribution in [2.24, 2.45) is 0 Å². The van der Waals surface area contributed by atoms with Crippen molar-refractivity contribution >= 4 is 45.9 Å². The van der Waals surface area contributed by atoms with Crippen LogP contribution in [0, 0.1) is 20.8 Å². The van der Waals surface area contributed by atoms with Crippen LogP contribution in [-0.4, -0.2) is 31.1 Å². The van der Waals surface area contributed by atoms with Crippen molar-refractivity contribution in [2.75, 3.05) is 6.54 Å². The molecule has 0 unspecified atom stereocenters. The van der Waals surface area contributed by atoms with Crippen LogP contribution in [-0.2, 0) is 4.79 Å². The van der Waals surface area contributed by atoms with Crippen LogP contribution in [0.4, 0.5) is 0 Å². The van der Waals surface area contributed by atoms with Crippen molar-refractivity contribution in [3.05, 3.63) is 86.7 Å². The van der Waals surface area contributed by atoms with Crippen molar-refractivity contribution in [3.8, 4) is 11.6 Å². The van der Waals surface area contributed by atoms with E-state index in [-0.39, 0.29) is 22.9 Å². The Bertz CT molecular complexity index is 1370. The van der Waals surface area contributed by atoms with Gasteiger partial charge in [0.15, 0.2) is 0 Å². The standard InChI is InChI=1S/C24H21N3O3S2/c1-5-10-27-23(29)19(32-24(27)31)13-17-21(30-18-9-8-14(2)12-16(18)4)25-20-15(3)7-6-11-26(20)22(17)28/h5-9,11-13H,1,10H2,2-4H3/b19-13+. The molecule has 162 valence electrons. The number of thiocarbonyl (C=S) groups is 1. The largest absolute Gasteiger partial charge is 0.438 e. The Kier molecular flexibility index (Phi) is 5.99. The van der Waals surface area contributed by atoms with E-state index in [1.165, 1.54) is 15.4 Å². The molecule has 0 radical (unpaired) electrons. The summed E-state index contributed by atoms with van der Waals surface area (Å²) in [5, 5.41) is 0. The first-order chi connectivity index (χ1) is 15.3. The van der Waals surface area contributed by atoms with E-state index in [1.54, 1.807) is 18.3 Å². The number of carbonyl (C=O) groups is 1. The Morgan fingerprint density at radius 1 is 1.19 bits per heavy atom. The molecule has 0 bridgehead atoms. The number of rotatable bonds is 5. The van der Waals surface area contributed by atoms with E-state index in [4.69, 9.17) is 17.0 Å². The Morgan fingerprint density at radius 2 is 1.97 bits per heavy atom. The number of amides is 1. The van der Waals surface area contributed by atoms with Crippen LogP contribution in [0.2, 0.25) is 0 Å². The van der Waals surface area contributed by atoms with Crippen molar-refractivity contribution in [2.45, 2.75) is 20.8 Å². The molecule has 2 aromatic heterocycles. The zero-order chi connectivity index (χ0) is 23.0. The van der Waals surface area contributed by atoms with Gasteiger partial charge in [0.25, 0.3) is 11.5 Å². The van der Waals surface area contributed by atoms with Gasteiger partial charge in [0.05, 0.1) is 4.91 Å². The number of nitrogens with zero attached hydrogens (tertiary/aromatic N) is 3. The predicted octanol–water partition coefficient (Wildman–Crippen LogP) is 4.80. The summed E-state index contributed by atoms with van der Waals surface area (Å²) in [7, 11) is 0. The highest BCUT2D eigenvalue weighted by molar-refractivity contribution is 8.26. The minimum atomic E-state index is -0.326. The van der Waals surface area contributed by atoms with Gasteiger partial charge in [0.1, 0.15) is 21.3 Å². The molecule has 3 aromatic rings. The lowest BCUT2D eigenvalue weighted by Crippen LogP contribution is -2.28.